The second-order valence-electron chi connectivity index (χ2n) is 5.66. The zero-order valence-corrected chi connectivity index (χ0v) is 13.1. The number of nitrogens with zero attached hydrogens (tertiary/aromatic N) is 4. The van der Waals surface area contributed by atoms with E-state index in [0.717, 1.165) is 17.7 Å². The predicted octanol–water partition coefficient (Wildman–Crippen LogP) is 2.20. The smallest absolute Gasteiger partial charge is 0.339 e. The van der Waals surface area contributed by atoms with E-state index in [2.05, 4.69) is 10.1 Å². The lowest BCUT2D eigenvalue weighted by Gasteiger charge is -2.05. The second kappa shape index (κ2) is 6.18. The molecule has 3 aromatic rings. The van der Waals surface area contributed by atoms with Crippen LogP contribution in [0.15, 0.2) is 42.6 Å². The predicted molar refractivity (Wildman–Crippen MR) is 87.6 cm³/mol. The standard InChI is InChI=1S/C17H18N4O2/c1-20(2)9-8-15-18-16-14(17(22)23)10-13(11-21(16)19-15)12-6-4-3-5-7-12/h3-7,10-11H,8-9H2,1-2H3,(H,22,23). The van der Waals surface area contributed by atoms with Crippen molar-refractivity contribution in [1.29, 1.82) is 0 Å². The molecule has 0 unspecified atom stereocenters. The highest BCUT2D eigenvalue weighted by Gasteiger charge is 2.16. The Bertz CT molecular complexity index is 840. The van der Waals surface area contributed by atoms with E-state index in [9.17, 15) is 9.90 Å². The lowest BCUT2D eigenvalue weighted by atomic mass is 10.1. The first-order valence-corrected chi connectivity index (χ1v) is 7.37. The molecule has 118 valence electrons. The van der Waals surface area contributed by atoms with Crippen molar-refractivity contribution in [2.24, 2.45) is 0 Å². The summed E-state index contributed by atoms with van der Waals surface area (Å²) in [6, 6.07) is 11.3. The van der Waals surface area contributed by atoms with Crippen LogP contribution in [0, 0.1) is 0 Å². The fourth-order valence-corrected chi connectivity index (χ4v) is 2.41. The van der Waals surface area contributed by atoms with Crippen molar-refractivity contribution in [1.82, 2.24) is 19.5 Å². The molecule has 0 radical (unpaired) electrons. The molecular formula is C17H18N4O2. The lowest BCUT2D eigenvalue weighted by molar-refractivity contribution is 0.0698. The maximum Gasteiger partial charge on any atom is 0.339 e. The summed E-state index contributed by atoms with van der Waals surface area (Å²) in [4.78, 5) is 18.0. The molecule has 0 saturated heterocycles. The van der Waals surface area contributed by atoms with Crippen LogP contribution in [0.1, 0.15) is 16.2 Å². The van der Waals surface area contributed by atoms with Gasteiger partial charge in [0.05, 0.1) is 0 Å². The van der Waals surface area contributed by atoms with Crippen molar-refractivity contribution in [2.45, 2.75) is 6.42 Å². The van der Waals surface area contributed by atoms with Gasteiger partial charge >= 0.3 is 5.97 Å². The van der Waals surface area contributed by atoms with Crippen LogP contribution in [-0.4, -0.2) is 51.2 Å². The van der Waals surface area contributed by atoms with Crippen LogP contribution in [-0.2, 0) is 6.42 Å². The van der Waals surface area contributed by atoms with Gasteiger partial charge in [-0.1, -0.05) is 30.3 Å². The molecule has 3 rings (SSSR count). The highest BCUT2D eigenvalue weighted by molar-refractivity contribution is 5.95. The molecule has 6 heteroatoms. The minimum atomic E-state index is -1.00. The van der Waals surface area contributed by atoms with E-state index in [1.54, 1.807) is 10.6 Å². The van der Waals surface area contributed by atoms with Gasteiger partial charge in [-0.25, -0.2) is 14.3 Å². The zero-order chi connectivity index (χ0) is 16.4. The van der Waals surface area contributed by atoms with Gasteiger partial charge in [-0.15, -0.1) is 0 Å². The minimum Gasteiger partial charge on any atom is -0.478 e. The van der Waals surface area contributed by atoms with E-state index >= 15 is 0 Å². The molecular weight excluding hydrogens is 292 g/mol. The summed E-state index contributed by atoms with van der Waals surface area (Å²) < 4.78 is 1.57. The molecule has 0 aliphatic heterocycles. The number of pyridine rings is 1. The summed E-state index contributed by atoms with van der Waals surface area (Å²) in [5.41, 5.74) is 2.29. The monoisotopic (exact) mass is 310 g/mol. The summed E-state index contributed by atoms with van der Waals surface area (Å²) in [6.07, 6.45) is 2.50. The Morgan fingerprint density at radius 3 is 2.61 bits per heavy atom. The van der Waals surface area contributed by atoms with Crippen molar-refractivity contribution < 1.29 is 9.90 Å². The molecule has 23 heavy (non-hydrogen) atoms. The Morgan fingerprint density at radius 1 is 1.22 bits per heavy atom. The number of likely N-dealkylation sites (N-methyl/N-ethyl adjacent to an activating group) is 1. The Hall–Kier alpha value is -2.73. The number of hydrogen-bond acceptors (Lipinski definition) is 4. The number of rotatable bonds is 5. The Balaban J connectivity index is 2.09. The van der Waals surface area contributed by atoms with E-state index in [1.165, 1.54) is 0 Å². The number of carbonyl (C=O) groups is 1. The molecule has 1 N–H and O–H groups in total. The quantitative estimate of drug-likeness (QED) is 0.782. The van der Waals surface area contributed by atoms with Crippen LogP contribution in [0.5, 0.6) is 0 Å². The lowest BCUT2D eigenvalue weighted by Crippen LogP contribution is -2.15. The topological polar surface area (TPSA) is 70.7 Å². The van der Waals surface area contributed by atoms with Crippen LogP contribution >= 0.6 is 0 Å². The summed E-state index contributed by atoms with van der Waals surface area (Å²) in [7, 11) is 3.96. The van der Waals surface area contributed by atoms with Gasteiger partial charge in [0.1, 0.15) is 5.56 Å². The molecule has 1 aromatic carbocycles. The first-order chi connectivity index (χ1) is 11.0. The van der Waals surface area contributed by atoms with E-state index in [1.807, 2.05) is 55.5 Å². The molecule has 0 atom stereocenters. The van der Waals surface area contributed by atoms with E-state index in [-0.39, 0.29) is 5.56 Å². The fraction of sp³-hybridized carbons (Fsp3) is 0.235. The number of benzene rings is 1. The largest absolute Gasteiger partial charge is 0.478 e. The van der Waals surface area contributed by atoms with Crippen LogP contribution in [0.25, 0.3) is 16.8 Å². The third-order valence-corrected chi connectivity index (χ3v) is 3.60. The minimum absolute atomic E-state index is 0.162. The van der Waals surface area contributed by atoms with Gasteiger partial charge in [0.2, 0.25) is 0 Å². The number of carboxylic acid groups (broad SMARTS) is 1. The third-order valence-electron chi connectivity index (χ3n) is 3.60. The van der Waals surface area contributed by atoms with Crippen LogP contribution in [0.4, 0.5) is 0 Å². The van der Waals surface area contributed by atoms with E-state index in [4.69, 9.17) is 0 Å². The van der Waals surface area contributed by atoms with Gasteiger partial charge < -0.3 is 10.0 Å². The third kappa shape index (κ3) is 3.22. The molecule has 2 heterocycles. The zero-order valence-electron chi connectivity index (χ0n) is 13.1. The van der Waals surface area contributed by atoms with Gasteiger partial charge in [-0.3, -0.25) is 0 Å². The average molecular weight is 310 g/mol. The number of aromatic nitrogens is 3. The van der Waals surface area contributed by atoms with Crippen molar-refractivity contribution in [3.8, 4) is 11.1 Å². The Morgan fingerprint density at radius 2 is 1.96 bits per heavy atom. The van der Waals surface area contributed by atoms with Crippen molar-refractivity contribution in [3.63, 3.8) is 0 Å². The highest BCUT2D eigenvalue weighted by atomic mass is 16.4. The molecule has 0 aliphatic carbocycles. The highest BCUT2D eigenvalue weighted by Crippen LogP contribution is 2.22. The van der Waals surface area contributed by atoms with Crippen molar-refractivity contribution in [2.75, 3.05) is 20.6 Å². The van der Waals surface area contributed by atoms with Gasteiger partial charge in [-0.2, -0.15) is 5.10 Å². The van der Waals surface area contributed by atoms with Gasteiger partial charge in [0.25, 0.3) is 0 Å². The fourth-order valence-electron chi connectivity index (χ4n) is 2.41. The first kappa shape index (κ1) is 15.2. The molecule has 0 amide bonds. The summed E-state index contributed by atoms with van der Waals surface area (Å²) >= 11 is 0. The van der Waals surface area contributed by atoms with E-state index in [0.29, 0.717) is 17.9 Å². The molecule has 0 spiro atoms. The average Bonchev–Trinajstić information content (AvgIpc) is 2.95. The number of carboxylic acids is 1. The molecule has 0 aliphatic rings. The number of aromatic carboxylic acids is 1. The van der Waals surface area contributed by atoms with Crippen molar-refractivity contribution in [3.05, 3.63) is 54.0 Å². The van der Waals surface area contributed by atoms with Gasteiger partial charge in [0, 0.05) is 24.7 Å². The first-order valence-electron chi connectivity index (χ1n) is 7.37. The SMILES string of the molecule is CN(C)CCc1nc2c(C(=O)O)cc(-c3ccccc3)cn2n1. The molecule has 0 bridgehead atoms. The van der Waals surface area contributed by atoms with Crippen LogP contribution in [0.3, 0.4) is 0 Å². The summed E-state index contributed by atoms with van der Waals surface area (Å²) in [5.74, 6) is -0.356. The van der Waals surface area contributed by atoms with Gasteiger partial charge in [0.15, 0.2) is 11.5 Å². The molecule has 0 fully saturated rings. The maximum atomic E-state index is 11.6. The van der Waals surface area contributed by atoms with E-state index < -0.39 is 5.97 Å². The Labute approximate surface area is 134 Å². The second-order valence-corrected chi connectivity index (χ2v) is 5.66. The molecule has 0 saturated carbocycles. The van der Waals surface area contributed by atoms with Crippen molar-refractivity contribution >= 4 is 11.6 Å². The maximum absolute atomic E-state index is 11.6. The Kier molecular flexibility index (Phi) is 4.08. The van der Waals surface area contributed by atoms with Crippen LogP contribution < -0.4 is 0 Å². The summed E-state index contributed by atoms with van der Waals surface area (Å²) in [5, 5.41) is 13.9. The number of fused-ring (bicyclic) bond motifs is 1. The molecule has 2 aromatic heterocycles. The molecule has 6 nitrogen and oxygen atoms in total. The van der Waals surface area contributed by atoms with Gasteiger partial charge in [-0.05, 0) is 25.7 Å². The number of hydrogen-bond donors (Lipinski definition) is 1. The van der Waals surface area contributed by atoms with Crippen LogP contribution in [0.2, 0.25) is 0 Å². The normalized spacial score (nSPS) is 11.3. The summed E-state index contributed by atoms with van der Waals surface area (Å²) in [6.45, 7) is 0.810.